The summed E-state index contributed by atoms with van der Waals surface area (Å²) in [6, 6.07) is 0.724. The van der Waals surface area contributed by atoms with Crippen molar-refractivity contribution in [3.63, 3.8) is 0 Å². The van der Waals surface area contributed by atoms with Gasteiger partial charge in [0.2, 0.25) is 0 Å². The van der Waals surface area contributed by atoms with E-state index in [2.05, 4.69) is 46.5 Å². The van der Waals surface area contributed by atoms with Crippen LogP contribution in [-0.4, -0.2) is 67.2 Å². The summed E-state index contributed by atoms with van der Waals surface area (Å²) >= 11 is 2.10. The van der Waals surface area contributed by atoms with Crippen molar-refractivity contribution < 1.29 is 0 Å². The second-order valence-corrected chi connectivity index (χ2v) is 6.38. The number of nitrogens with zero attached hydrogens (tertiary/aromatic N) is 3. The van der Waals surface area contributed by atoms with Gasteiger partial charge in [-0.1, -0.05) is 0 Å². The van der Waals surface area contributed by atoms with Gasteiger partial charge in [-0.25, -0.2) is 5.43 Å². The fraction of sp³-hybridized carbons (Fsp3) is 1.00. The zero-order chi connectivity index (χ0) is 12.1. The van der Waals surface area contributed by atoms with Gasteiger partial charge in [-0.2, -0.15) is 17.2 Å². The molecule has 2 fully saturated rings. The Balaban J connectivity index is 1.86. The Morgan fingerprint density at radius 3 is 3.06 bits per heavy atom. The molecule has 5 heteroatoms. The maximum absolute atomic E-state index is 4.35. The minimum Gasteiger partial charge on any atom is -0.309 e. The molecule has 0 aromatic heterocycles. The number of thioether (sulfide) groups is 1. The molecule has 0 bridgehead atoms. The number of hydrogen-bond donors (Lipinski definition) is 1. The number of rotatable bonds is 4. The van der Waals surface area contributed by atoms with Crippen LogP contribution in [-0.2, 0) is 0 Å². The molecule has 99 valence electrons. The van der Waals surface area contributed by atoms with Gasteiger partial charge in [0.15, 0.2) is 0 Å². The van der Waals surface area contributed by atoms with E-state index in [9.17, 15) is 0 Å². The molecule has 2 rings (SSSR count). The van der Waals surface area contributed by atoms with Crippen molar-refractivity contribution in [1.29, 1.82) is 0 Å². The van der Waals surface area contributed by atoms with Gasteiger partial charge in [-0.05, 0) is 39.9 Å². The summed E-state index contributed by atoms with van der Waals surface area (Å²) in [7, 11) is 4.32. The highest BCUT2D eigenvalue weighted by Crippen LogP contribution is 2.22. The van der Waals surface area contributed by atoms with E-state index in [4.69, 9.17) is 0 Å². The predicted octanol–water partition coefficient (Wildman–Crippen LogP) is 0.584. The molecule has 1 radical (unpaired) electrons. The monoisotopic (exact) mass is 257 g/mol. The lowest BCUT2D eigenvalue weighted by atomic mass is 10.1. The molecular weight excluding hydrogens is 232 g/mol. The van der Waals surface area contributed by atoms with Crippen LogP contribution in [0.25, 0.3) is 0 Å². The van der Waals surface area contributed by atoms with E-state index in [1.165, 1.54) is 43.9 Å². The molecule has 2 aliphatic rings. The Morgan fingerprint density at radius 1 is 1.47 bits per heavy atom. The summed E-state index contributed by atoms with van der Waals surface area (Å²) < 4.78 is 0. The van der Waals surface area contributed by atoms with Crippen molar-refractivity contribution in [3.8, 4) is 0 Å². The SMILES string of the molecule is CN(C)CCC1CSCCN1C1CCC[N]N1. The van der Waals surface area contributed by atoms with E-state index in [0.717, 1.165) is 12.6 Å². The van der Waals surface area contributed by atoms with Crippen LogP contribution in [0.15, 0.2) is 0 Å². The van der Waals surface area contributed by atoms with Crippen LogP contribution in [0, 0.1) is 0 Å². The van der Waals surface area contributed by atoms with Gasteiger partial charge in [-0.3, -0.25) is 4.90 Å². The fourth-order valence-corrected chi connectivity index (χ4v) is 3.71. The zero-order valence-electron chi connectivity index (χ0n) is 11.1. The number of nitrogens with one attached hydrogen (secondary N) is 1. The quantitative estimate of drug-likeness (QED) is 0.799. The number of hydrogen-bond acceptors (Lipinski definition) is 4. The Kier molecular flexibility index (Phi) is 5.56. The molecule has 2 unspecified atom stereocenters. The van der Waals surface area contributed by atoms with Crippen molar-refractivity contribution in [1.82, 2.24) is 20.7 Å². The van der Waals surface area contributed by atoms with Crippen molar-refractivity contribution >= 4 is 11.8 Å². The molecule has 2 atom stereocenters. The lowest BCUT2D eigenvalue weighted by molar-refractivity contribution is 0.0783. The smallest absolute Gasteiger partial charge is 0.0748 e. The van der Waals surface area contributed by atoms with E-state index in [1.54, 1.807) is 0 Å². The van der Waals surface area contributed by atoms with Gasteiger partial charge in [0.25, 0.3) is 0 Å². The van der Waals surface area contributed by atoms with Crippen LogP contribution < -0.4 is 10.9 Å². The Bertz CT molecular complexity index is 219. The third-order valence-electron chi connectivity index (χ3n) is 3.57. The van der Waals surface area contributed by atoms with Gasteiger partial charge >= 0.3 is 0 Å². The molecule has 1 N–H and O–H groups in total. The largest absolute Gasteiger partial charge is 0.309 e. The van der Waals surface area contributed by atoms with Crippen LogP contribution in [0.2, 0.25) is 0 Å². The summed E-state index contributed by atoms with van der Waals surface area (Å²) in [6.45, 7) is 3.39. The Labute approximate surface area is 109 Å². The summed E-state index contributed by atoms with van der Waals surface area (Å²) in [5.74, 6) is 2.56. The molecule has 0 spiro atoms. The van der Waals surface area contributed by atoms with E-state index in [-0.39, 0.29) is 0 Å². The molecule has 0 aromatic carbocycles. The normalized spacial score (nSPS) is 31.9. The molecule has 0 saturated carbocycles. The van der Waals surface area contributed by atoms with Crippen LogP contribution in [0.4, 0.5) is 0 Å². The van der Waals surface area contributed by atoms with Crippen molar-refractivity contribution in [3.05, 3.63) is 0 Å². The fourth-order valence-electron chi connectivity index (χ4n) is 2.57. The molecule has 0 amide bonds. The molecule has 2 saturated heterocycles. The maximum atomic E-state index is 4.35. The van der Waals surface area contributed by atoms with Crippen molar-refractivity contribution in [2.24, 2.45) is 0 Å². The molecule has 2 aliphatic heterocycles. The minimum absolute atomic E-state index is 0.497. The highest BCUT2D eigenvalue weighted by molar-refractivity contribution is 7.99. The van der Waals surface area contributed by atoms with Crippen LogP contribution in [0.1, 0.15) is 19.3 Å². The lowest BCUT2D eigenvalue weighted by Gasteiger charge is -2.42. The first kappa shape index (κ1) is 13.6. The molecular formula is C12H25N4S. The third kappa shape index (κ3) is 4.10. The topological polar surface area (TPSA) is 32.6 Å². The van der Waals surface area contributed by atoms with Gasteiger partial charge in [0.1, 0.15) is 0 Å². The molecule has 0 aromatic rings. The third-order valence-corrected chi connectivity index (χ3v) is 4.66. The maximum Gasteiger partial charge on any atom is 0.0748 e. The second-order valence-electron chi connectivity index (χ2n) is 5.23. The van der Waals surface area contributed by atoms with Crippen LogP contribution in [0.3, 0.4) is 0 Å². The first-order chi connectivity index (χ1) is 8.27. The van der Waals surface area contributed by atoms with Gasteiger partial charge in [0.05, 0.1) is 6.17 Å². The molecule has 4 nitrogen and oxygen atoms in total. The van der Waals surface area contributed by atoms with Crippen LogP contribution >= 0.6 is 11.8 Å². The first-order valence-electron chi connectivity index (χ1n) is 6.67. The molecule has 0 aliphatic carbocycles. The second kappa shape index (κ2) is 6.95. The Hall–Kier alpha value is 0.190. The van der Waals surface area contributed by atoms with Crippen LogP contribution in [0.5, 0.6) is 0 Å². The summed E-state index contributed by atoms with van der Waals surface area (Å²) in [5, 5.41) is 0. The van der Waals surface area contributed by atoms with E-state index in [0.29, 0.717) is 6.17 Å². The highest BCUT2D eigenvalue weighted by Gasteiger charge is 2.29. The van der Waals surface area contributed by atoms with E-state index >= 15 is 0 Å². The van der Waals surface area contributed by atoms with E-state index < -0.39 is 0 Å². The summed E-state index contributed by atoms with van der Waals surface area (Å²) in [5.41, 5.74) is 7.69. The molecule has 17 heavy (non-hydrogen) atoms. The zero-order valence-corrected chi connectivity index (χ0v) is 11.9. The highest BCUT2D eigenvalue weighted by atomic mass is 32.2. The predicted molar refractivity (Wildman–Crippen MR) is 74.1 cm³/mol. The summed E-state index contributed by atoms with van der Waals surface area (Å²) in [6.07, 6.45) is 4.27. The summed E-state index contributed by atoms with van der Waals surface area (Å²) in [4.78, 5) is 4.94. The standard InChI is InChI=1S/C12H25N4S/c1-15(2)7-5-11-10-17-9-8-16(11)12-4-3-6-13-14-12/h11-12,14H,3-10H2,1-2H3. The van der Waals surface area contributed by atoms with Gasteiger partial charge in [0, 0.05) is 30.6 Å². The van der Waals surface area contributed by atoms with Crippen molar-refractivity contribution in [2.75, 3.05) is 45.2 Å². The van der Waals surface area contributed by atoms with Gasteiger partial charge < -0.3 is 4.90 Å². The molecule has 2 heterocycles. The lowest BCUT2D eigenvalue weighted by Crippen LogP contribution is -2.58. The van der Waals surface area contributed by atoms with Gasteiger partial charge in [-0.15, -0.1) is 0 Å². The van der Waals surface area contributed by atoms with Crippen molar-refractivity contribution in [2.45, 2.75) is 31.5 Å². The Morgan fingerprint density at radius 2 is 2.35 bits per heavy atom. The van der Waals surface area contributed by atoms with E-state index in [1.807, 2.05) is 0 Å². The first-order valence-corrected chi connectivity index (χ1v) is 7.83. The average molecular weight is 257 g/mol. The minimum atomic E-state index is 0.497. The average Bonchev–Trinajstić information content (AvgIpc) is 2.38.